The maximum absolute atomic E-state index is 11.9. The molecule has 23 heavy (non-hydrogen) atoms. The van der Waals surface area contributed by atoms with Gasteiger partial charge in [-0.3, -0.25) is 9.78 Å². The van der Waals surface area contributed by atoms with Crippen LogP contribution in [0.25, 0.3) is 6.08 Å². The van der Waals surface area contributed by atoms with Gasteiger partial charge < -0.3 is 10.4 Å². The molecule has 0 bridgehead atoms. The number of carbonyl (C=O) groups excluding carboxylic acids is 1. The van der Waals surface area contributed by atoms with Crippen molar-refractivity contribution in [2.45, 2.75) is 32.8 Å². The van der Waals surface area contributed by atoms with Gasteiger partial charge in [-0.2, -0.15) is 0 Å². The number of hydrogen-bond acceptors (Lipinski definition) is 3. The van der Waals surface area contributed by atoms with Gasteiger partial charge in [0.05, 0.1) is 18.5 Å². The summed E-state index contributed by atoms with van der Waals surface area (Å²) in [7, 11) is 0. The van der Waals surface area contributed by atoms with Crippen LogP contribution in [0.2, 0.25) is 0 Å². The van der Waals surface area contributed by atoms with Crippen LogP contribution in [0.15, 0.2) is 48.8 Å². The molecule has 0 saturated carbocycles. The first kappa shape index (κ1) is 16.9. The Hall–Kier alpha value is -2.46. The number of nitrogens with one attached hydrogen (secondary N) is 1. The topological polar surface area (TPSA) is 62.2 Å². The Morgan fingerprint density at radius 2 is 2.00 bits per heavy atom. The van der Waals surface area contributed by atoms with Crippen molar-refractivity contribution in [2.24, 2.45) is 0 Å². The van der Waals surface area contributed by atoms with Crippen LogP contribution in [0.5, 0.6) is 0 Å². The van der Waals surface area contributed by atoms with E-state index < -0.39 is 0 Å². The quantitative estimate of drug-likeness (QED) is 0.854. The van der Waals surface area contributed by atoms with Crippen molar-refractivity contribution in [3.8, 4) is 0 Å². The van der Waals surface area contributed by atoms with Gasteiger partial charge in [-0.1, -0.05) is 50.3 Å². The second-order valence-electron chi connectivity index (χ2n) is 5.67. The molecule has 0 saturated heterocycles. The molecular weight excluding hydrogens is 288 g/mol. The van der Waals surface area contributed by atoms with Crippen LogP contribution in [-0.4, -0.2) is 16.0 Å². The molecule has 4 nitrogen and oxygen atoms in total. The minimum Gasteiger partial charge on any atom is -0.392 e. The van der Waals surface area contributed by atoms with Gasteiger partial charge in [0.15, 0.2) is 0 Å². The first-order valence-electron chi connectivity index (χ1n) is 7.70. The summed E-state index contributed by atoms with van der Waals surface area (Å²) < 4.78 is 0. The fraction of sp³-hybridized carbons (Fsp3) is 0.263. The second-order valence-corrected chi connectivity index (χ2v) is 5.67. The lowest BCUT2D eigenvalue weighted by Crippen LogP contribution is -2.12. The molecule has 0 aliphatic rings. The van der Waals surface area contributed by atoms with E-state index in [1.165, 1.54) is 11.8 Å². The highest BCUT2D eigenvalue weighted by atomic mass is 16.3. The van der Waals surface area contributed by atoms with Gasteiger partial charge in [-0.25, -0.2) is 0 Å². The number of pyridine rings is 1. The summed E-state index contributed by atoms with van der Waals surface area (Å²) >= 11 is 0. The molecular formula is C19H22N2O2. The van der Waals surface area contributed by atoms with Crippen molar-refractivity contribution in [1.82, 2.24) is 4.98 Å². The maximum atomic E-state index is 11.9. The molecule has 0 spiro atoms. The molecule has 1 aromatic carbocycles. The minimum absolute atomic E-state index is 0.129. The Morgan fingerprint density at radius 3 is 2.65 bits per heavy atom. The summed E-state index contributed by atoms with van der Waals surface area (Å²) in [5, 5.41) is 12.0. The molecule has 1 amide bonds. The molecule has 0 unspecified atom stereocenters. The number of amides is 1. The van der Waals surface area contributed by atoms with Crippen LogP contribution in [0.1, 0.15) is 42.9 Å². The molecule has 0 atom stereocenters. The van der Waals surface area contributed by atoms with Crippen molar-refractivity contribution < 1.29 is 9.90 Å². The SMILES string of the molecule is CC(C)c1ccc(/C=C/CC(=O)Nc2cnccc2CO)cc1. The first-order valence-corrected chi connectivity index (χ1v) is 7.70. The van der Waals surface area contributed by atoms with Gasteiger partial charge in [0.25, 0.3) is 0 Å². The number of aliphatic hydroxyl groups excluding tert-OH is 1. The molecule has 120 valence electrons. The highest BCUT2D eigenvalue weighted by Gasteiger charge is 2.05. The van der Waals surface area contributed by atoms with E-state index in [9.17, 15) is 9.90 Å². The van der Waals surface area contributed by atoms with Crippen molar-refractivity contribution in [3.05, 3.63) is 65.5 Å². The molecule has 4 heteroatoms. The molecule has 2 aromatic rings. The zero-order valence-corrected chi connectivity index (χ0v) is 13.5. The number of aromatic nitrogens is 1. The van der Waals surface area contributed by atoms with Gasteiger partial charge in [0, 0.05) is 18.2 Å². The molecule has 2 N–H and O–H groups in total. The molecule has 1 aromatic heterocycles. The largest absolute Gasteiger partial charge is 0.392 e. The Kier molecular flexibility index (Phi) is 6.06. The lowest BCUT2D eigenvalue weighted by Gasteiger charge is -2.07. The van der Waals surface area contributed by atoms with Gasteiger partial charge in [-0.05, 0) is 23.1 Å². The lowest BCUT2D eigenvalue weighted by molar-refractivity contribution is -0.115. The van der Waals surface area contributed by atoms with E-state index in [-0.39, 0.29) is 18.9 Å². The average molecular weight is 310 g/mol. The van der Waals surface area contributed by atoms with Crippen LogP contribution in [0.3, 0.4) is 0 Å². The normalized spacial score (nSPS) is 11.1. The fourth-order valence-corrected chi connectivity index (χ4v) is 2.17. The van der Waals surface area contributed by atoms with E-state index in [1.807, 2.05) is 12.2 Å². The van der Waals surface area contributed by atoms with Crippen molar-refractivity contribution in [1.29, 1.82) is 0 Å². The summed E-state index contributed by atoms with van der Waals surface area (Å²) in [6.45, 7) is 4.19. The van der Waals surface area contributed by atoms with E-state index >= 15 is 0 Å². The zero-order valence-electron chi connectivity index (χ0n) is 13.5. The Bertz CT molecular complexity index is 676. The number of carbonyl (C=O) groups is 1. The lowest BCUT2D eigenvalue weighted by atomic mass is 10.0. The number of benzene rings is 1. The highest BCUT2D eigenvalue weighted by molar-refractivity contribution is 5.92. The van der Waals surface area contributed by atoms with Gasteiger partial charge in [-0.15, -0.1) is 0 Å². The standard InChI is InChI=1S/C19H22N2O2/c1-14(2)16-8-6-15(7-9-16)4-3-5-19(23)21-18-12-20-11-10-17(18)13-22/h3-4,6-12,14,22H,5,13H2,1-2H3,(H,21,23)/b4-3+. The van der Waals surface area contributed by atoms with Crippen LogP contribution in [-0.2, 0) is 11.4 Å². The van der Waals surface area contributed by atoms with Crippen LogP contribution >= 0.6 is 0 Å². The van der Waals surface area contributed by atoms with Gasteiger partial charge in [0.2, 0.25) is 5.91 Å². The second kappa shape index (κ2) is 8.25. The molecule has 2 rings (SSSR count). The molecule has 0 fully saturated rings. The fourth-order valence-electron chi connectivity index (χ4n) is 2.17. The molecule has 1 heterocycles. The number of aliphatic hydroxyl groups is 1. The third kappa shape index (κ3) is 5.04. The number of nitrogens with zero attached hydrogens (tertiary/aromatic N) is 1. The number of rotatable bonds is 6. The van der Waals surface area contributed by atoms with E-state index in [4.69, 9.17) is 0 Å². The smallest absolute Gasteiger partial charge is 0.228 e. The van der Waals surface area contributed by atoms with Crippen LogP contribution in [0, 0.1) is 0 Å². The van der Waals surface area contributed by atoms with Crippen molar-refractivity contribution in [2.75, 3.05) is 5.32 Å². The summed E-state index contributed by atoms with van der Waals surface area (Å²) in [5.74, 6) is 0.377. The number of hydrogen-bond donors (Lipinski definition) is 2. The average Bonchev–Trinajstić information content (AvgIpc) is 2.56. The van der Waals surface area contributed by atoms with Gasteiger partial charge >= 0.3 is 0 Å². The third-order valence-corrected chi connectivity index (χ3v) is 3.57. The Labute approximate surface area is 136 Å². The highest BCUT2D eigenvalue weighted by Crippen LogP contribution is 2.16. The summed E-state index contributed by atoms with van der Waals surface area (Å²) in [6.07, 6.45) is 7.15. The summed E-state index contributed by atoms with van der Waals surface area (Å²) in [5.41, 5.74) is 3.57. The van der Waals surface area contributed by atoms with Crippen LogP contribution < -0.4 is 5.32 Å². The van der Waals surface area contributed by atoms with Gasteiger partial charge in [0.1, 0.15) is 0 Å². The van der Waals surface area contributed by atoms with E-state index in [0.717, 1.165) is 5.56 Å². The Balaban J connectivity index is 1.91. The predicted octanol–water partition coefficient (Wildman–Crippen LogP) is 3.74. The van der Waals surface area contributed by atoms with Crippen LogP contribution in [0.4, 0.5) is 5.69 Å². The predicted molar refractivity (Wildman–Crippen MR) is 93.0 cm³/mol. The van der Waals surface area contributed by atoms with Crippen molar-refractivity contribution in [3.63, 3.8) is 0 Å². The molecule has 0 aliphatic carbocycles. The summed E-state index contributed by atoms with van der Waals surface area (Å²) in [6, 6.07) is 9.99. The molecule has 0 radical (unpaired) electrons. The monoisotopic (exact) mass is 310 g/mol. The third-order valence-electron chi connectivity index (χ3n) is 3.57. The number of anilines is 1. The first-order chi connectivity index (χ1) is 11.1. The molecule has 0 aliphatic heterocycles. The maximum Gasteiger partial charge on any atom is 0.228 e. The minimum atomic E-state index is -0.136. The summed E-state index contributed by atoms with van der Waals surface area (Å²) in [4.78, 5) is 15.9. The van der Waals surface area contributed by atoms with Crippen molar-refractivity contribution >= 4 is 17.7 Å². The van der Waals surface area contributed by atoms with E-state index in [1.54, 1.807) is 12.3 Å². The zero-order chi connectivity index (χ0) is 16.7. The Morgan fingerprint density at radius 1 is 1.26 bits per heavy atom. The van der Waals surface area contributed by atoms with E-state index in [0.29, 0.717) is 17.2 Å². The van der Waals surface area contributed by atoms with E-state index in [2.05, 4.69) is 48.4 Å².